The van der Waals surface area contributed by atoms with Crippen LogP contribution in [0.5, 0.6) is 5.88 Å². The van der Waals surface area contributed by atoms with Gasteiger partial charge in [-0.1, -0.05) is 11.6 Å². The maximum absolute atomic E-state index is 5.54. The zero-order valence-electron chi connectivity index (χ0n) is 4.88. The summed E-state index contributed by atoms with van der Waals surface area (Å²) in [5, 5.41) is 0.301. The first-order chi connectivity index (χ1) is 4.84. The summed E-state index contributed by atoms with van der Waals surface area (Å²) in [6.45, 7) is 0.409. The lowest BCUT2D eigenvalue weighted by atomic mass is 10.8. The van der Waals surface area contributed by atoms with E-state index in [9.17, 15) is 0 Å². The van der Waals surface area contributed by atoms with Gasteiger partial charge in [-0.3, -0.25) is 0 Å². The smallest absolute Gasteiger partial charge is 0.265 e. The molecule has 1 heterocycles. The van der Waals surface area contributed by atoms with Gasteiger partial charge in [0, 0.05) is 0 Å². The van der Waals surface area contributed by atoms with Crippen LogP contribution in [0.15, 0.2) is 0 Å². The lowest BCUT2D eigenvalue weighted by Crippen LogP contribution is -1.98. The van der Waals surface area contributed by atoms with Crippen LogP contribution in [-0.2, 0) is 0 Å². The monoisotopic (exact) mass is 198 g/mol. The predicted octanol–water partition coefficient (Wildman–Crippen LogP) is 1.81. The van der Waals surface area contributed by atoms with Gasteiger partial charge in [-0.05, 0) is 0 Å². The number of aromatic nitrogens is 2. The number of alkyl halides is 1. The van der Waals surface area contributed by atoms with Crippen molar-refractivity contribution in [3.8, 4) is 5.88 Å². The fraction of sp³-hybridized carbons (Fsp3) is 0.500. The molecule has 1 rings (SSSR count). The number of rotatable bonds is 3. The highest BCUT2D eigenvalue weighted by Crippen LogP contribution is 2.19. The molecule has 0 amide bonds. The third-order valence-corrected chi connectivity index (χ3v) is 1.75. The van der Waals surface area contributed by atoms with E-state index in [1.807, 2.05) is 0 Å². The SMILES string of the molecule is ClCCOc1nsnc1Cl. The van der Waals surface area contributed by atoms with Crippen LogP contribution >= 0.6 is 34.9 Å². The third-order valence-electron chi connectivity index (χ3n) is 0.737. The fourth-order valence-corrected chi connectivity index (χ4v) is 1.11. The van der Waals surface area contributed by atoms with Crippen molar-refractivity contribution in [3.05, 3.63) is 5.15 Å². The molecule has 0 N–H and O–H groups in total. The average molecular weight is 199 g/mol. The number of ether oxygens (including phenoxy) is 1. The van der Waals surface area contributed by atoms with Crippen molar-refractivity contribution in [3.63, 3.8) is 0 Å². The van der Waals surface area contributed by atoms with Crippen LogP contribution in [-0.4, -0.2) is 21.2 Å². The van der Waals surface area contributed by atoms with Gasteiger partial charge in [0.05, 0.1) is 17.6 Å². The molecule has 0 spiro atoms. The Labute approximate surface area is 72.2 Å². The molecule has 10 heavy (non-hydrogen) atoms. The Balaban J connectivity index is 2.49. The predicted molar refractivity (Wildman–Crippen MR) is 41.1 cm³/mol. The minimum Gasteiger partial charge on any atom is -0.474 e. The Morgan fingerprint density at radius 1 is 1.50 bits per heavy atom. The minimum atomic E-state index is 0.301. The molecular weight excluding hydrogens is 195 g/mol. The zero-order valence-corrected chi connectivity index (χ0v) is 7.21. The van der Waals surface area contributed by atoms with E-state index in [1.54, 1.807) is 0 Å². The van der Waals surface area contributed by atoms with E-state index in [0.717, 1.165) is 11.7 Å². The summed E-state index contributed by atoms with van der Waals surface area (Å²) in [4.78, 5) is 0. The van der Waals surface area contributed by atoms with Gasteiger partial charge >= 0.3 is 0 Å². The molecule has 0 fully saturated rings. The van der Waals surface area contributed by atoms with Crippen LogP contribution in [0.25, 0.3) is 0 Å². The molecule has 1 aromatic rings. The number of halogens is 2. The lowest BCUT2D eigenvalue weighted by Gasteiger charge is -1.96. The molecular formula is C4H4Cl2N2OS. The number of nitrogens with zero attached hydrogens (tertiary/aromatic N) is 2. The molecule has 1 aromatic heterocycles. The Kier molecular flexibility index (Phi) is 3.18. The maximum Gasteiger partial charge on any atom is 0.265 e. The summed E-state index contributed by atoms with van der Waals surface area (Å²) in [6.07, 6.45) is 0. The normalized spacial score (nSPS) is 9.80. The maximum atomic E-state index is 5.54. The fourth-order valence-electron chi connectivity index (χ4n) is 0.391. The molecule has 0 aliphatic rings. The molecule has 0 bridgehead atoms. The van der Waals surface area contributed by atoms with Gasteiger partial charge in [-0.2, -0.15) is 4.37 Å². The van der Waals surface area contributed by atoms with E-state index in [4.69, 9.17) is 27.9 Å². The molecule has 0 saturated carbocycles. The zero-order chi connectivity index (χ0) is 7.40. The summed E-state index contributed by atoms with van der Waals surface area (Å²) in [7, 11) is 0. The van der Waals surface area contributed by atoms with Crippen molar-refractivity contribution in [1.82, 2.24) is 8.75 Å². The van der Waals surface area contributed by atoms with Crippen LogP contribution in [0.2, 0.25) is 5.15 Å². The lowest BCUT2D eigenvalue weighted by molar-refractivity contribution is 0.332. The van der Waals surface area contributed by atoms with Crippen molar-refractivity contribution in [2.45, 2.75) is 0 Å². The molecule has 56 valence electrons. The molecule has 3 nitrogen and oxygen atoms in total. The summed E-state index contributed by atoms with van der Waals surface area (Å²) in [6, 6.07) is 0. The Morgan fingerprint density at radius 2 is 2.30 bits per heavy atom. The van der Waals surface area contributed by atoms with Gasteiger partial charge in [-0.15, -0.1) is 16.0 Å². The average Bonchev–Trinajstić information content (AvgIpc) is 2.31. The van der Waals surface area contributed by atoms with Gasteiger partial charge in [-0.25, -0.2) is 0 Å². The first-order valence-electron chi connectivity index (χ1n) is 2.51. The van der Waals surface area contributed by atoms with Crippen LogP contribution in [0.1, 0.15) is 0 Å². The van der Waals surface area contributed by atoms with Gasteiger partial charge in [0.2, 0.25) is 5.15 Å². The van der Waals surface area contributed by atoms with Gasteiger partial charge < -0.3 is 4.74 Å². The third kappa shape index (κ3) is 1.97. The number of hydrogen-bond acceptors (Lipinski definition) is 4. The second-order valence-electron chi connectivity index (χ2n) is 1.40. The van der Waals surface area contributed by atoms with Crippen LogP contribution < -0.4 is 4.74 Å². The molecule has 6 heteroatoms. The number of hydrogen-bond donors (Lipinski definition) is 0. The van der Waals surface area contributed by atoms with E-state index < -0.39 is 0 Å². The minimum absolute atomic E-state index is 0.301. The summed E-state index contributed by atoms with van der Waals surface area (Å²) < 4.78 is 12.5. The van der Waals surface area contributed by atoms with E-state index in [2.05, 4.69) is 8.75 Å². The van der Waals surface area contributed by atoms with E-state index in [-0.39, 0.29) is 0 Å². The Bertz CT molecular complexity index is 205. The van der Waals surface area contributed by atoms with E-state index >= 15 is 0 Å². The summed E-state index contributed by atoms with van der Waals surface area (Å²) in [5.74, 6) is 0.792. The molecule has 0 unspecified atom stereocenters. The van der Waals surface area contributed by atoms with Crippen molar-refractivity contribution < 1.29 is 4.74 Å². The summed E-state index contributed by atoms with van der Waals surface area (Å²) >= 11 is 11.9. The second kappa shape index (κ2) is 3.95. The molecule has 0 aliphatic carbocycles. The largest absolute Gasteiger partial charge is 0.474 e. The Hall–Kier alpha value is -0.0600. The van der Waals surface area contributed by atoms with E-state index in [1.165, 1.54) is 0 Å². The molecule has 0 aliphatic heterocycles. The summed E-state index contributed by atoms with van der Waals surface area (Å²) in [5.41, 5.74) is 0. The topological polar surface area (TPSA) is 35.0 Å². The van der Waals surface area contributed by atoms with Crippen molar-refractivity contribution in [1.29, 1.82) is 0 Å². The molecule has 0 saturated heterocycles. The van der Waals surface area contributed by atoms with Crippen molar-refractivity contribution in [2.75, 3.05) is 12.5 Å². The highest BCUT2D eigenvalue weighted by atomic mass is 35.5. The van der Waals surface area contributed by atoms with Gasteiger partial charge in [0.15, 0.2) is 0 Å². The van der Waals surface area contributed by atoms with Gasteiger partial charge in [0.25, 0.3) is 5.88 Å². The van der Waals surface area contributed by atoms with Crippen molar-refractivity contribution >= 4 is 34.9 Å². The molecule has 0 radical (unpaired) electrons. The first-order valence-corrected chi connectivity index (χ1v) is 4.15. The van der Waals surface area contributed by atoms with Crippen molar-refractivity contribution in [2.24, 2.45) is 0 Å². The van der Waals surface area contributed by atoms with Gasteiger partial charge in [0.1, 0.15) is 6.61 Å². The standard InChI is InChI=1S/C4H4Cl2N2OS/c5-1-2-9-4-3(6)7-10-8-4/h1-2H2. The second-order valence-corrected chi connectivity index (χ2v) is 2.66. The van der Waals surface area contributed by atoms with Crippen LogP contribution in [0, 0.1) is 0 Å². The highest BCUT2D eigenvalue weighted by Gasteiger charge is 2.04. The molecule has 0 aromatic carbocycles. The quantitative estimate of drug-likeness (QED) is 0.696. The van der Waals surface area contributed by atoms with Crippen LogP contribution in [0.3, 0.4) is 0 Å². The highest BCUT2D eigenvalue weighted by molar-refractivity contribution is 6.99. The molecule has 0 atom stereocenters. The first kappa shape index (κ1) is 8.04. The van der Waals surface area contributed by atoms with E-state index in [0.29, 0.717) is 23.5 Å². The van der Waals surface area contributed by atoms with Crippen LogP contribution in [0.4, 0.5) is 0 Å². The Morgan fingerprint density at radius 3 is 2.80 bits per heavy atom.